The van der Waals surface area contributed by atoms with Crippen LogP contribution in [-0.2, 0) is 11.2 Å². The van der Waals surface area contributed by atoms with E-state index in [0.717, 1.165) is 0 Å². The van der Waals surface area contributed by atoms with E-state index in [-0.39, 0.29) is 6.04 Å². The largest absolute Gasteiger partial charge is 0.444 e. The number of alkyl carbamates (subject to hydrolysis) is 1. The number of nitrogens with one attached hydrogen (secondary N) is 2. The minimum atomic E-state index is -0.476. The zero-order valence-electron chi connectivity index (χ0n) is 12.8. The van der Waals surface area contributed by atoms with Crippen molar-refractivity contribution in [1.82, 2.24) is 20.8 Å². The lowest BCUT2D eigenvalue weighted by Crippen LogP contribution is -2.41. The molecule has 1 unspecified atom stereocenters. The van der Waals surface area contributed by atoms with Crippen LogP contribution in [0.1, 0.15) is 39.4 Å². The first kappa shape index (κ1) is 16.4. The standard InChI is InChI=1S/C13H24N4O3/c1-9(8-15-12(18)19-13(3,4)5)14-7-6-11-16-10(2)17-20-11/h9,14H,6-8H2,1-5H3,(H,15,18). The van der Waals surface area contributed by atoms with Crippen molar-refractivity contribution >= 4 is 6.09 Å². The minimum Gasteiger partial charge on any atom is -0.444 e. The van der Waals surface area contributed by atoms with E-state index in [1.807, 2.05) is 27.7 Å². The van der Waals surface area contributed by atoms with E-state index in [1.165, 1.54) is 0 Å². The number of carbonyl (C=O) groups is 1. The summed E-state index contributed by atoms with van der Waals surface area (Å²) in [7, 11) is 0. The number of aryl methyl sites for hydroxylation is 1. The van der Waals surface area contributed by atoms with Gasteiger partial charge in [0.25, 0.3) is 0 Å². The number of amides is 1. The smallest absolute Gasteiger partial charge is 0.407 e. The molecule has 0 radical (unpaired) electrons. The Morgan fingerprint density at radius 1 is 1.45 bits per heavy atom. The minimum absolute atomic E-state index is 0.131. The van der Waals surface area contributed by atoms with E-state index in [2.05, 4.69) is 20.8 Å². The molecule has 0 aliphatic carbocycles. The van der Waals surface area contributed by atoms with Gasteiger partial charge in [-0.25, -0.2) is 4.79 Å². The third-order valence-corrected chi connectivity index (χ3v) is 2.35. The van der Waals surface area contributed by atoms with E-state index < -0.39 is 11.7 Å². The van der Waals surface area contributed by atoms with Crippen LogP contribution in [0.15, 0.2) is 4.52 Å². The molecule has 1 aromatic heterocycles. The predicted octanol–water partition coefficient (Wildman–Crippen LogP) is 1.42. The first-order chi connectivity index (χ1) is 9.26. The van der Waals surface area contributed by atoms with Crippen LogP contribution < -0.4 is 10.6 Å². The average molecular weight is 284 g/mol. The highest BCUT2D eigenvalue weighted by Crippen LogP contribution is 2.06. The Bertz CT molecular complexity index is 425. The van der Waals surface area contributed by atoms with Crippen LogP contribution >= 0.6 is 0 Å². The van der Waals surface area contributed by atoms with Gasteiger partial charge in [0.1, 0.15) is 5.60 Å². The normalized spacial score (nSPS) is 13.1. The Balaban J connectivity index is 2.14. The molecule has 1 heterocycles. The van der Waals surface area contributed by atoms with Crippen LogP contribution in [0.3, 0.4) is 0 Å². The molecule has 7 nitrogen and oxygen atoms in total. The maximum absolute atomic E-state index is 11.5. The topological polar surface area (TPSA) is 89.3 Å². The van der Waals surface area contributed by atoms with Gasteiger partial charge in [-0.15, -0.1) is 0 Å². The molecular weight excluding hydrogens is 260 g/mol. The monoisotopic (exact) mass is 284 g/mol. The van der Waals surface area contributed by atoms with E-state index in [0.29, 0.717) is 31.2 Å². The van der Waals surface area contributed by atoms with Crippen LogP contribution in [0.4, 0.5) is 4.79 Å². The van der Waals surface area contributed by atoms with Crippen molar-refractivity contribution in [1.29, 1.82) is 0 Å². The third kappa shape index (κ3) is 7.08. The molecule has 0 bridgehead atoms. The molecule has 0 saturated carbocycles. The zero-order valence-corrected chi connectivity index (χ0v) is 12.8. The summed E-state index contributed by atoms with van der Waals surface area (Å²) >= 11 is 0. The summed E-state index contributed by atoms with van der Waals surface area (Å²) in [4.78, 5) is 15.6. The first-order valence-electron chi connectivity index (χ1n) is 6.75. The van der Waals surface area contributed by atoms with E-state index in [9.17, 15) is 4.79 Å². The molecule has 0 fully saturated rings. The molecule has 1 amide bonds. The second-order valence-corrected chi connectivity index (χ2v) is 5.72. The molecule has 2 N–H and O–H groups in total. The Kier molecular flexibility index (Phi) is 5.94. The van der Waals surface area contributed by atoms with Crippen LogP contribution in [0.25, 0.3) is 0 Å². The van der Waals surface area contributed by atoms with E-state index in [4.69, 9.17) is 9.26 Å². The predicted molar refractivity (Wildman–Crippen MR) is 74.4 cm³/mol. The molecule has 7 heteroatoms. The highest BCUT2D eigenvalue weighted by Gasteiger charge is 2.16. The van der Waals surface area contributed by atoms with Gasteiger partial charge in [0, 0.05) is 25.6 Å². The maximum Gasteiger partial charge on any atom is 0.407 e. The molecule has 0 spiro atoms. The van der Waals surface area contributed by atoms with Crippen LogP contribution in [0, 0.1) is 6.92 Å². The molecule has 0 aliphatic rings. The molecule has 0 saturated heterocycles. The van der Waals surface area contributed by atoms with Gasteiger partial charge in [-0.05, 0) is 34.6 Å². The lowest BCUT2D eigenvalue weighted by Gasteiger charge is -2.21. The van der Waals surface area contributed by atoms with Crippen molar-refractivity contribution in [3.05, 3.63) is 11.7 Å². The number of aromatic nitrogens is 2. The number of carbonyl (C=O) groups excluding carboxylic acids is 1. The van der Waals surface area contributed by atoms with Gasteiger partial charge in [0.15, 0.2) is 5.82 Å². The Morgan fingerprint density at radius 3 is 2.70 bits per heavy atom. The lowest BCUT2D eigenvalue weighted by atomic mass is 10.2. The molecular formula is C13H24N4O3. The van der Waals surface area contributed by atoms with E-state index >= 15 is 0 Å². The Labute approximate surface area is 119 Å². The summed E-state index contributed by atoms with van der Waals surface area (Å²) in [6.45, 7) is 10.5. The van der Waals surface area contributed by atoms with Crippen molar-refractivity contribution in [3.63, 3.8) is 0 Å². The van der Waals surface area contributed by atoms with Gasteiger partial charge in [-0.3, -0.25) is 0 Å². The van der Waals surface area contributed by atoms with Crippen molar-refractivity contribution in [2.45, 2.75) is 52.7 Å². The highest BCUT2D eigenvalue weighted by molar-refractivity contribution is 5.67. The molecule has 1 aromatic rings. The number of ether oxygens (including phenoxy) is 1. The Morgan fingerprint density at radius 2 is 2.15 bits per heavy atom. The van der Waals surface area contributed by atoms with Gasteiger partial charge >= 0.3 is 6.09 Å². The van der Waals surface area contributed by atoms with Crippen LogP contribution in [0.5, 0.6) is 0 Å². The lowest BCUT2D eigenvalue weighted by molar-refractivity contribution is 0.0523. The Hall–Kier alpha value is -1.63. The summed E-state index contributed by atoms with van der Waals surface area (Å²) in [5, 5.41) is 9.70. The molecule has 0 aromatic carbocycles. The van der Waals surface area contributed by atoms with Gasteiger partial charge in [0.05, 0.1) is 0 Å². The van der Waals surface area contributed by atoms with Crippen molar-refractivity contribution in [3.8, 4) is 0 Å². The molecule has 114 valence electrons. The molecule has 1 rings (SSSR count). The molecule has 1 atom stereocenters. The van der Waals surface area contributed by atoms with Crippen molar-refractivity contribution in [2.24, 2.45) is 0 Å². The SMILES string of the molecule is Cc1noc(CCNC(C)CNC(=O)OC(C)(C)C)n1. The number of hydrogen-bond donors (Lipinski definition) is 2. The molecule has 0 aliphatic heterocycles. The highest BCUT2D eigenvalue weighted by atomic mass is 16.6. The quantitative estimate of drug-likeness (QED) is 0.821. The number of rotatable bonds is 6. The van der Waals surface area contributed by atoms with Gasteiger partial charge in [-0.1, -0.05) is 5.16 Å². The summed E-state index contributed by atoms with van der Waals surface area (Å²) in [5.74, 6) is 1.25. The number of hydrogen-bond acceptors (Lipinski definition) is 6. The van der Waals surface area contributed by atoms with Gasteiger partial charge < -0.3 is 19.9 Å². The zero-order chi connectivity index (χ0) is 15.2. The average Bonchev–Trinajstić information content (AvgIpc) is 2.70. The van der Waals surface area contributed by atoms with Gasteiger partial charge in [-0.2, -0.15) is 4.98 Å². The molecule has 20 heavy (non-hydrogen) atoms. The second kappa shape index (κ2) is 7.23. The maximum atomic E-state index is 11.5. The fraction of sp³-hybridized carbons (Fsp3) is 0.769. The fourth-order valence-electron chi connectivity index (χ4n) is 1.49. The third-order valence-electron chi connectivity index (χ3n) is 2.35. The number of nitrogens with zero attached hydrogens (tertiary/aromatic N) is 2. The van der Waals surface area contributed by atoms with Crippen LogP contribution in [-0.4, -0.2) is 41.0 Å². The fourth-order valence-corrected chi connectivity index (χ4v) is 1.49. The van der Waals surface area contributed by atoms with Gasteiger partial charge in [0.2, 0.25) is 5.89 Å². The first-order valence-corrected chi connectivity index (χ1v) is 6.75. The van der Waals surface area contributed by atoms with Crippen molar-refractivity contribution in [2.75, 3.05) is 13.1 Å². The summed E-state index contributed by atoms with van der Waals surface area (Å²) in [6.07, 6.45) is 0.260. The summed E-state index contributed by atoms with van der Waals surface area (Å²) in [6, 6.07) is 0.131. The van der Waals surface area contributed by atoms with Crippen molar-refractivity contribution < 1.29 is 14.1 Å². The summed E-state index contributed by atoms with van der Waals surface area (Å²) < 4.78 is 10.2. The second-order valence-electron chi connectivity index (χ2n) is 5.72. The van der Waals surface area contributed by atoms with E-state index in [1.54, 1.807) is 6.92 Å². The van der Waals surface area contributed by atoms with Crippen LogP contribution in [0.2, 0.25) is 0 Å². The summed E-state index contributed by atoms with van der Waals surface area (Å²) in [5.41, 5.74) is -0.476.